The molecule has 4 atom stereocenters. The molecule has 0 spiro atoms. The topological polar surface area (TPSA) is 122 Å². The highest BCUT2D eigenvalue weighted by Gasteiger charge is 2.55. The number of primary amides is 1. The first kappa shape index (κ1) is 35.9. The number of imidazole rings is 1. The highest BCUT2D eigenvalue weighted by Crippen LogP contribution is 2.46. The van der Waals surface area contributed by atoms with Crippen molar-refractivity contribution in [1.29, 1.82) is 5.26 Å². The molecule has 1 aliphatic rings. The summed E-state index contributed by atoms with van der Waals surface area (Å²) in [5.41, 5.74) is 6.14. The highest BCUT2D eigenvalue weighted by molar-refractivity contribution is 6.75. The lowest BCUT2D eigenvalue weighted by Crippen LogP contribution is -2.54. The maximum absolute atomic E-state index is 12.2. The minimum absolute atomic E-state index is 0.0263. The molecule has 1 aromatic heterocycles. The van der Waals surface area contributed by atoms with Crippen molar-refractivity contribution in [1.82, 2.24) is 9.55 Å². The predicted molar refractivity (Wildman–Crippen MR) is 171 cm³/mol. The van der Waals surface area contributed by atoms with Gasteiger partial charge in [0, 0.05) is 0 Å². The minimum atomic E-state index is -2.34. The third-order valence-electron chi connectivity index (χ3n) is 9.82. The molecule has 234 valence electrons. The Morgan fingerprint density at radius 1 is 0.927 bits per heavy atom. The van der Waals surface area contributed by atoms with E-state index >= 15 is 0 Å². The lowest BCUT2D eigenvalue weighted by molar-refractivity contribution is -0.0497. The van der Waals surface area contributed by atoms with Crippen LogP contribution < -0.4 is 5.73 Å². The fraction of sp³-hybridized carbons (Fsp3) is 0.828. The Balaban J connectivity index is 2.73. The molecule has 0 radical (unpaired) electrons. The zero-order valence-electron chi connectivity index (χ0n) is 28.3. The molecule has 12 heteroatoms. The fourth-order valence-electron chi connectivity index (χ4n) is 3.94. The van der Waals surface area contributed by atoms with E-state index in [4.69, 9.17) is 23.7 Å². The Kier molecular flexibility index (Phi) is 10.5. The summed E-state index contributed by atoms with van der Waals surface area (Å²) in [7, 11) is -6.75. The van der Waals surface area contributed by atoms with Crippen LogP contribution >= 0.6 is 0 Å². The van der Waals surface area contributed by atoms with E-state index in [1.54, 1.807) is 10.9 Å². The standard InChI is InChI=1S/C29H56N4O5Si3/c1-27(2,3)39(10,11)35-18-21-23(37-40(12,13)28(4,5)6)24(38-41(14,15)29(7,8)9)26(36-21)33-19-32-22(25(31)34)20(33)16-17-30/h19,21,23-24,26H,16,18H2,1-15H3,(H2,31,34)/t21-,23-,24-,26-/m1/s1. The number of carbonyl (C=O) groups is 1. The molecule has 0 aliphatic carbocycles. The zero-order chi connectivity index (χ0) is 32.0. The smallest absolute Gasteiger partial charge is 0.269 e. The molecule has 1 aromatic rings. The second kappa shape index (κ2) is 12.0. The number of aromatic nitrogens is 2. The normalized spacial score (nSPS) is 23.1. The van der Waals surface area contributed by atoms with Gasteiger partial charge in [-0.2, -0.15) is 5.26 Å². The molecule has 2 rings (SSSR count). The molecule has 0 aromatic carbocycles. The van der Waals surface area contributed by atoms with Crippen molar-refractivity contribution in [3.05, 3.63) is 17.7 Å². The van der Waals surface area contributed by atoms with Gasteiger partial charge in [0.25, 0.3) is 5.91 Å². The number of ether oxygens (including phenoxy) is 1. The number of amides is 1. The first-order chi connectivity index (χ1) is 18.3. The van der Waals surface area contributed by atoms with Gasteiger partial charge in [-0.15, -0.1) is 0 Å². The molecule has 1 amide bonds. The summed E-state index contributed by atoms with van der Waals surface area (Å²) in [6.45, 7) is 33.6. The summed E-state index contributed by atoms with van der Waals surface area (Å²) in [4.78, 5) is 16.5. The first-order valence-corrected chi connectivity index (χ1v) is 23.4. The molecule has 1 aliphatic heterocycles. The van der Waals surface area contributed by atoms with Gasteiger partial charge < -0.3 is 28.3 Å². The summed E-state index contributed by atoms with van der Waals surface area (Å²) in [6.07, 6.45) is -0.521. The minimum Gasteiger partial charge on any atom is -0.414 e. The van der Waals surface area contributed by atoms with Crippen LogP contribution in [0.4, 0.5) is 0 Å². The van der Waals surface area contributed by atoms with Crippen LogP contribution in [0.25, 0.3) is 0 Å². The van der Waals surface area contributed by atoms with Crippen molar-refractivity contribution < 1.29 is 22.8 Å². The molecule has 41 heavy (non-hydrogen) atoms. The molecular weight excluding hydrogens is 569 g/mol. The SMILES string of the molecule is CC(C)(C)[Si](C)(C)OC[C@H]1O[C@@H](n2cnc(C(N)=O)c2CC#N)[C@H](O[Si](C)(C)C(C)(C)C)[C@@H]1O[Si](C)(C)C(C)(C)C. The number of hydrogen-bond donors (Lipinski definition) is 1. The Morgan fingerprint density at radius 2 is 1.39 bits per heavy atom. The summed E-state index contributed by atoms with van der Waals surface area (Å²) in [5, 5.41) is 9.53. The van der Waals surface area contributed by atoms with E-state index in [-0.39, 0.29) is 27.2 Å². The molecule has 0 bridgehead atoms. The number of nitrogens with zero attached hydrogens (tertiary/aromatic N) is 3. The largest absolute Gasteiger partial charge is 0.414 e. The maximum atomic E-state index is 12.2. The number of hydrogen-bond acceptors (Lipinski definition) is 7. The quantitative estimate of drug-likeness (QED) is 0.286. The van der Waals surface area contributed by atoms with Crippen LogP contribution in [0, 0.1) is 11.3 Å². The van der Waals surface area contributed by atoms with E-state index in [0.29, 0.717) is 12.3 Å². The van der Waals surface area contributed by atoms with Crippen LogP contribution in [0.15, 0.2) is 6.33 Å². The maximum Gasteiger partial charge on any atom is 0.269 e. The van der Waals surface area contributed by atoms with Crippen LogP contribution in [0.2, 0.25) is 54.4 Å². The summed E-state index contributed by atoms with van der Waals surface area (Å²) < 4.78 is 29.6. The molecule has 2 heterocycles. The molecular formula is C29H56N4O5Si3. The van der Waals surface area contributed by atoms with Crippen molar-refractivity contribution in [2.45, 2.75) is 148 Å². The highest BCUT2D eigenvalue weighted by atomic mass is 28.4. The van der Waals surface area contributed by atoms with Crippen LogP contribution in [-0.4, -0.2) is 65.3 Å². The van der Waals surface area contributed by atoms with Gasteiger partial charge in [-0.1, -0.05) is 62.3 Å². The van der Waals surface area contributed by atoms with Crippen molar-refractivity contribution in [3.8, 4) is 6.07 Å². The third kappa shape index (κ3) is 7.79. The average Bonchev–Trinajstić information content (AvgIpc) is 3.31. The third-order valence-corrected chi connectivity index (χ3v) is 23.3. The van der Waals surface area contributed by atoms with Gasteiger partial charge in [-0.05, 0) is 54.4 Å². The number of rotatable bonds is 10. The number of nitriles is 1. The van der Waals surface area contributed by atoms with Crippen LogP contribution in [0.1, 0.15) is 84.7 Å². The van der Waals surface area contributed by atoms with Gasteiger partial charge in [0.15, 0.2) is 31.2 Å². The fourth-order valence-corrected chi connectivity index (χ4v) is 7.55. The first-order valence-electron chi connectivity index (χ1n) is 14.6. The van der Waals surface area contributed by atoms with Crippen molar-refractivity contribution >= 4 is 30.9 Å². The van der Waals surface area contributed by atoms with E-state index in [9.17, 15) is 10.1 Å². The molecule has 9 nitrogen and oxygen atoms in total. The van der Waals surface area contributed by atoms with Crippen LogP contribution in [-0.2, 0) is 24.4 Å². The van der Waals surface area contributed by atoms with Gasteiger partial charge in [0.1, 0.15) is 24.0 Å². The van der Waals surface area contributed by atoms with E-state index < -0.39 is 55.4 Å². The van der Waals surface area contributed by atoms with Gasteiger partial charge in [-0.3, -0.25) is 4.79 Å². The van der Waals surface area contributed by atoms with Crippen LogP contribution in [0.3, 0.4) is 0 Å². The number of nitrogens with two attached hydrogens (primary N) is 1. The van der Waals surface area contributed by atoms with Gasteiger partial charge >= 0.3 is 0 Å². The molecule has 0 saturated carbocycles. The van der Waals surface area contributed by atoms with Crippen molar-refractivity contribution in [3.63, 3.8) is 0 Å². The van der Waals surface area contributed by atoms with Crippen LogP contribution in [0.5, 0.6) is 0 Å². The van der Waals surface area contributed by atoms with Gasteiger partial charge in [-0.25, -0.2) is 4.98 Å². The second-order valence-corrected chi connectivity index (χ2v) is 30.3. The Labute approximate surface area is 251 Å². The van der Waals surface area contributed by atoms with Crippen molar-refractivity contribution in [2.75, 3.05) is 6.61 Å². The number of carbonyl (C=O) groups excluding carboxylic acids is 1. The van der Waals surface area contributed by atoms with Crippen molar-refractivity contribution in [2.24, 2.45) is 5.73 Å². The van der Waals surface area contributed by atoms with E-state index in [2.05, 4.69) is 113 Å². The lowest BCUT2D eigenvalue weighted by Gasteiger charge is -2.44. The zero-order valence-corrected chi connectivity index (χ0v) is 31.3. The average molecular weight is 625 g/mol. The predicted octanol–water partition coefficient (Wildman–Crippen LogP) is 6.75. The van der Waals surface area contributed by atoms with E-state index in [1.165, 1.54) is 0 Å². The summed E-state index contributed by atoms with van der Waals surface area (Å²) in [6, 6.07) is 2.16. The van der Waals surface area contributed by atoms with E-state index in [0.717, 1.165) is 0 Å². The molecule has 1 fully saturated rings. The summed E-state index contributed by atoms with van der Waals surface area (Å²) >= 11 is 0. The lowest BCUT2D eigenvalue weighted by atomic mass is 10.1. The Morgan fingerprint density at radius 3 is 1.80 bits per heavy atom. The molecule has 2 N–H and O–H groups in total. The van der Waals surface area contributed by atoms with E-state index in [1.807, 2.05) is 0 Å². The molecule has 1 saturated heterocycles. The summed E-state index contributed by atoms with van der Waals surface area (Å²) in [5.74, 6) is -0.680. The van der Waals surface area contributed by atoms with Gasteiger partial charge in [0.2, 0.25) is 0 Å². The Bertz CT molecular complexity index is 1120. The Hall–Kier alpha value is -1.34. The second-order valence-electron chi connectivity index (χ2n) is 16.0. The van der Waals surface area contributed by atoms with Gasteiger partial charge in [0.05, 0.1) is 31.1 Å². The monoisotopic (exact) mass is 624 g/mol. The molecule has 0 unspecified atom stereocenters.